The zero-order valence-electron chi connectivity index (χ0n) is 10.6. The van der Waals surface area contributed by atoms with E-state index in [1.807, 2.05) is 20.0 Å². The lowest BCUT2D eigenvalue weighted by Crippen LogP contribution is -2.43. The molecular weight excluding hydrogens is 208 g/mol. The van der Waals surface area contributed by atoms with Gasteiger partial charge < -0.3 is 9.16 Å². The van der Waals surface area contributed by atoms with Crippen LogP contribution in [0.2, 0.25) is 18.1 Å². The molecule has 0 amide bonds. The van der Waals surface area contributed by atoms with Crippen molar-refractivity contribution in [3.8, 4) is 0 Å². The number of carbonyl (C=O) groups is 1. The third-order valence-corrected chi connectivity index (χ3v) is 6.96. The van der Waals surface area contributed by atoms with E-state index in [-0.39, 0.29) is 17.6 Å². The van der Waals surface area contributed by atoms with Crippen LogP contribution < -0.4 is 0 Å². The van der Waals surface area contributed by atoms with Gasteiger partial charge in [0.25, 0.3) is 8.32 Å². The summed E-state index contributed by atoms with van der Waals surface area (Å²) >= 11 is 0. The van der Waals surface area contributed by atoms with Gasteiger partial charge in [-0.25, -0.2) is 4.79 Å². The van der Waals surface area contributed by atoms with E-state index in [0.717, 1.165) is 0 Å². The van der Waals surface area contributed by atoms with Crippen LogP contribution in [0.1, 0.15) is 27.7 Å². The Morgan fingerprint density at radius 1 is 1.33 bits per heavy atom. The van der Waals surface area contributed by atoms with E-state index in [4.69, 9.17) is 9.16 Å². The van der Waals surface area contributed by atoms with Crippen LogP contribution in [0.15, 0.2) is 12.3 Å². The summed E-state index contributed by atoms with van der Waals surface area (Å²) in [5, 5.41) is 0.0449. The van der Waals surface area contributed by atoms with Crippen LogP contribution >= 0.6 is 0 Å². The number of carbonyl (C=O) groups excluding carboxylic acids is 1. The van der Waals surface area contributed by atoms with Gasteiger partial charge in [0.2, 0.25) is 0 Å². The Labute approximate surface area is 93.6 Å². The Kier molecular flexibility index (Phi) is 5.07. The zero-order chi connectivity index (χ0) is 12.1. The molecule has 0 heterocycles. The smallest absolute Gasteiger partial charge is 0.330 e. The minimum atomic E-state index is -1.98. The van der Waals surface area contributed by atoms with Gasteiger partial charge in [0.05, 0.1) is 6.26 Å². The first-order chi connectivity index (χ1) is 6.70. The van der Waals surface area contributed by atoms with E-state index in [0.29, 0.717) is 0 Å². The first-order valence-corrected chi connectivity index (χ1v) is 8.06. The maximum Gasteiger partial charge on any atom is 0.330 e. The predicted octanol–water partition coefficient (Wildman–Crippen LogP) is 3.09. The monoisotopic (exact) mass is 230 g/mol. The molecule has 0 radical (unpaired) electrons. The van der Waals surface area contributed by atoms with Gasteiger partial charge in [-0.05, 0) is 25.1 Å². The molecule has 0 rings (SSSR count). The van der Waals surface area contributed by atoms with E-state index in [1.54, 1.807) is 6.08 Å². The number of rotatable bonds is 4. The molecule has 0 saturated heterocycles. The van der Waals surface area contributed by atoms with Crippen LogP contribution in [0.3, 0.4) is 0 Å². The predicted molar refractivity (Wildman–Crippen MR) is 64.1 cm³/mol. The second-order valence-electron chi connectivity index (χ2n) is 5.01. The molecule has 15 heavy (non-hydrogen) atoms. The topological polar surface area (TPSA) is 35.5 Å². The molecule has 0 aliphatic rings. The number of ether oxygens (including phenoxy) is 1. The molecule has 0 aromatic heterocycles. The fourth-order valence-corrected chi connectivity index (χ4v) is 1.61. The van der Waals surface area contributed by atoms with E-state index in [1.165, 1.54) is 6.26 Å². The maximum atomic E-state index is 11.4. The van der Waals surface area contributed by atoms with Crippen LogP contribution in [-0.2, 0) is 14.0 Å². The van der Waals surface area contributed by atoms with Crippen molar-refractivity contribution in [1.29, 1.82) is 0 Å². The Morgan fingerprint density at radius 3 is 2.27 bits per heavy atom. The summed E-state index contributed by atoms with van der Waals surface area (Å²) < 4.78 is 10.5. The SMILES string of the molecule is C/C=C/OCC(=O)O[Si](C)(C)C(C)(C)C. The fraction of sp³-hybridized carbons (Fsp3) is 0.727. The average Bonchev–Trinajstić information content (AvgIpc) is 2.01. The van der Waals surface area contributed by atoms with Gasteiger partial charge >= 0.3 is 5.97 Å². The summed E-state index contributed by atoms with van der Waals surface area (Å²) in [5.41, 5.74) is 0. The Hall–Kier alpha value is -0.773. The van der Waals surface area contributed by atoms with Crippen molar-refractivity contribution in [2.45, 2.75) is 45.8 Å². The van der Waals surface area contributed by atoms with Gasteiger partial charge in [0.1, 0.15) is 0 Å². The minimum absolute atomic E-state index is 0.00313. The minimum Gasteiger partial charge on any atom is -0.517 e. The van der Waals surface area contributed by atoms with Crippen molar-refractivity contribution in [1.82, 2.24) is 0 Å². The van der Waals surface area contributed by atoms with E-state index in [9.17, 15) is 4.79 Å². The van der Waals surface area contributed by atoms with Crippen molar-refractivity contribution < 1.29 is 14.0 Å². The Morgan fingerprint density at radius 2 is 1.87 bits per heavy atom. The van der Waals surface area contributed by atoms with Gasteiger partial charge in [-0.3, -0.25) is 0 Å². The largest absolute Gasteiger partial charge is 0.517 e. The maximum absolute atomic E-state index is 11.4. The van der Waals surface area contributed by atoms with Gasteiger partial charge in [-0.2, -0.15) is 0 Å². The van der Waals surface area contributed by atoms with Crippen LogP contribution in [-0.4, -0.2) is 20.9 Å². The third-order valence-electron chi connectivity index (χ3n) is 2.61. The second-order valence-corrected chi connectivity index (χ2v) is 9.74. The first kappa shape index (κ1) is 14.2. The molecule has 0 fully saturated rings. The molecule has 88 valence electrons. The molecule has 0 aliphatic heterocycles. The van der Waals surface area contributed by atoms with Crippen molar-refractivity contribution >= 4 is 14.3 Å². The van der Waals surface area contributed by atoms with Crippen molar-refractivity contribution in [2.24, 2.45) is 0 Å². The normalized spacial score (nSPS) is 12.9. The van der Waals surface area contributed by atoms with E-state index in [2.05, 4.69) is 20.8 Å². The summed E-state index contributed by atoms with van der Waals surface area (Å²) in [4.78, 5) is 11.4. The summed E-state index contributed by atoms with van der Waals surface area (Å²) in [6.45, 7) is 12.2. The lowest BCUT2D eigenvalue weighted by Gasteiger charge is -2.35. The first-order valence-electron chi connectivity index (χ1n) is 5.15. The number of allylic oxidation sites excluding steroid dienone is 1. The highest BCUT2D eigenvalue weighted by molar-refractivity contribution is 6.75. The highest BCUT2D eigenvalue weighted by Crippen LogP contribution is 2.36. The average molecular weight is 230 g/mol. The van der Waals surface area contributed by atoms with Crippen molar-refractivity contribution in [3.63, 3.8) is 0 Å². The van der Waals surface area contributed by atoms with Gasteiger partial charge in [0.15, 0.2) is 6.61 Å². The van der Waals surface area contributed by atoms with E-state index >= 15 is 0 Å². The summed E-state index contributed by atoms with van der Waals surface area (Å²) in [5.74, 6) is -0.278. The lowest BCUT2D eigenvalue weighted by molar-refractivity contribution is -0.138. The molecular formula is C11H22O3Si. The van der Waals surface area contributed by atoms with Gasteiger partial charge in [-0.15, -0.1) is 0 Å². The summed E-state index contributed by atoms with van der Waals surface area (Å²) in [7, 11) is -1.98. The Balaban J connectivity index is 4.17. The van der Waals surface area contributed by atoms with Crippen LogP contribution in [0.25, 0.3) is 0 Å². The van der Waals surface area contributed by atoms with Crippen LogP contribution in [0, 0.1) is 0 Å². The second kappa shape index (κ2) is 5.35. The molecule has 0 aliphatic carbocycles. The zero-order valence-corrected chi connectivity index (χ0v) is 11.6. The molecule has 0 bridgehead atoms. The number of hydrogen-bond acceptors (Lipinski definition) is 3. The highest BCUT2D eigenvalue weighted by Gasteiger charge is 2.40. The molecule has 0 aromatic rings. The van der Waals surface area contributed by atoms with Crippen molar-refractivity contribution in [3.05, 3.63) is 12.3 Å². The fourth-order valence-electron chi connectivity index (χ4n) is 0.680. The van der Waals surface area contributed by atoms with Gasteiger partial charge in [0, 0.05) is 0 Å². The van der Waals surface area contributed by atoms with Crippen molar-refractivity contribution in [2.75, 3.05) is 6.61 Å². The molecule has 3 nitrogen and oxygen atoms in total. The highest BCUT2D eigenvalue weighted by atomic mass is 28.4. The lowest BCUT2D eigenvalue weighted by atomic mass is 10.2. The summed E-state index contributed by atoms with van der Waals surface area (Å²) in [6, 6.07) is 0. The molecule has 4 heteroatoms. The molecule has 0 N–H and O–H groups in total. The number of hydrogen-bond donors (Lipinski definition) is 0. The standard InChI is InChI=1S/C11H22O3Si/c1-7-8-13-9-10(12)14-15(5,6)11(2,3)4/h7-8H,9H2,1-6H3/b8-7+. The molecule has 0 unspecified atom stereocenters. The molecule has 0 saturated carbocycles. The quantitative estimate of drug-likeness (QED) is 0.550. The van der Waals surface area contributed by atoms with Crippen LogP contribution in [0.5, 0.6) is 0 Å². The van der Waals surface area contributed by atoms with Gasteiger partial charge in [-0.1, -0.05) is 26.8 Å². The van der Waals surface area contributed by atoms with Crippen LogP contribution in [0.4, 0.5) is 0 Å². The van der Waals surface area contributed by atoms with E-state index < -0.39 is 8.32 Å². The summed E-state index contributed by atoms with van der Waals surface area (Å²) in [6.07, 6.45) is 3.23. The third kappa shape index (κ3) is 5.02. The Bertz CT molecular complexity index is 239. The molecule has 0 atom stereocenters. The molecule has 0 spiro atoms. The molecule has 0 aromatic carbocycles.